The Labute approximate surface area is 223 Å². The van der Waals surface area contributed by atoms with E-state index in [1.54, 1.807) is 6.92 Å². The molecule has 190 valence electrons. The summed E-state index contributed by atoms with van der Waals surface area (Å²) in [6, 6.07) is 4.23. The lowest BCUT2D eigenvalue weighted by molar-refractivity contribution is -0.155. The van der Waals surface area contributed by atoms with Crippen molar-refractivity contribution in [3.63, 3.8) is 0 Å². The molecule has 0 radical (unpaired) electrons. The van der Waals surface area contributed by atoms with Gasteiger partial charge in [0.25, 0.3) is 0 Å². The fourth-order valence-electron chi connectivity index (χ4n) is 7.80. The maximum absolute atomic E-state index is 11.8. The molecule has 0 bridgehead atoms. The van der Waals surface area contributed by atoms with Gasteiger partial charge in [0.15, 0.2) is 0 Å². The lowest BCUT2D eigenvalue weighted by Crippen LogP contribution is -2.48. The summed E-state index contributed by atoms with van der Waals surface area (Å²) >= 11 is 7.11. The second kappa shape index (κ2) is 11.7. The second-order valence-corrected chi connectivity index (χ2v) is 13.1. The molecule has 1 aromatic carbocycles. The molecule has 0 spiro atoms. The van der Waals surface area contributed by atoms with E-state index in [2.05, 4.69) is 44.8 Å². The fourth-order valence-corrected chi connectivity index (χ4v) is 8.56. The molecule has 34 heavy (non-hydrogen) atoms. The largest absolute Gasteiger partial charge is 0.507 e. The van der Waals surface area contributed by atoms with Gasteiger partial charge in [0.1, 0.15) is 11.9 Å². The maximum atomic E-state index is 11.8. The van der Waals surface area contributed by atoms with Crippen LogP contribution in [0.15, 0.2) is 16.6 Å². The molecule has 2 fully saturated rings. The molecule has 0 amide bonds. The van der Waals surface area contributed by atoms with Crippen LogP contribution < -0.4 is 0 Å². The number of phenolic OH excluding ortho intramolecular Hbond substituents is 1. The average molecular weight is 598 g/mol. The van der Waals surface area contributed by atoms with Crippen molar-refractivity contribution in [3.8, 4) is 5.75 Å². The SMILES string of the molecule is CC(=O)O[C@H]1CC[C@H]2[C@@H]3[C@H](CCCCCCCCCBr)Cc4cc(O)c(Br)cc4[C@H]3CC[C@]12C. The van der Waals surface area contributed by atoms with Crippen LogP contribution in [0.1, 0.15) is 108 Å². The minimum Gasteiger partial charge on any atom is -0.507 e. The lowest BCUT2D eigenvalue weighted by atomic mass is 9.52. The highest BCUT2D eigenvalue weighted by Crippen LogP contribution is 2.63. The van der Waals surface area contributed by atoms with Crippen molar-refractivity contribution in [3.05, 3.63) is 27.7 Å². The molecule has 0 aliphatic heterocycles. The van der Waals surface area contributed by atoms with Crippen LogP contribution in [-0.2, 0) is 16.0 Å². The summed E-state index contributed by atoms with van der Waals surface area (Å²) < 4.78 is 6.69. The molecule has 1 aromatic rings. The summed E-state index contributed by atoms with van der Waals surface area (Å²) in [6.45, 7) is 3.96. The quantitative estimate of drug-likeness (QED) is 0.167. The van der Waals surface area contributed by atoms with Crippen LogP contribution in [0.5, 0.6) is 5.75 Å². The molecular weight excluding hydrogens is 556 g/mol. The van der Waals surface area contributed by atoms with Crippen LogP contribution in [-0.4, -0.2) is 22.5 Å². The Hall–Kier alpha value is -0.550. The van der Waals surface area contributed by atoms with Gasteiger partial charge in [0.2, 0.25) is 0 Å². The van der Waals surface area contributed by atoms with Crippen LogP contribution in [0.3, 0.4) is 0 Å². The third kappa shape index (κ3) is 5.56. The van der Waals surface area contributed by atoms with Crippen LogP contribution in [0.4, 0.5) is 0 Å². The topological polar surface area (TPSA) is 46.5 Å². The molecule has 1 N–H and O–H groups in total. The maximum Gasteiger partial charge on any atom is 0.302 e. The molecule has 5 heteroatoms. The van der Waals surface area contributed by atoms with Gasteiger partial charge in [0, 0.05) is 17.7 Å². The van der Waals surface area contributed by atoms with Crippen molar-refractivity contribution in [2.75, 3.05) is 5.33 Å². The number of benzene rings is 1. The zero-order valence-corrected chi connectivity index (χ0v) is 24.1. The summed E-state index contributed by atoms with van der Waals surface area (Å²) in [4.78, 5) is 11.8. The summed E-state index contributed by atoms with van der Waals surface area (Å²) in [5, 5.41) is 11.5. The number of hydrogen-bond acceptors (Lipinski definition) is 3. The van der Waals surface area contributed by atoms with Crippen LogP contribution in [0.25, 0.3) is 0 Å². The number of halogens is 2. The van der Waals surface area contributed by atoms with Crippen LogP contribution >= 0.6 is 31.9 Å². The molecule has 3 aliphatic rings. The number of unbranched alkanes of at least 4 members (excludes halogenated alkanes) is 6. The van der Waals surface area contributed by atoms with E-state index in [0.29, 0.717) is 29.4 Å². The molecule has 2 saturated carbocycles. The molecule has 6 atom stereocenters. The van der Waals surface area contributed by atoms with E-state index in [1.807, 2.05) is 6.07 Å². The summed E-state index contributed by atoms with van der Waals surface area (Å²) in [5.74, 6) is 2.73. The molecule has 4 rings (SSSR count). The highest BCUT2D eigenvalue weighted by Gasteiger charge is 2.58. The Balaban J connectivity index is 1.49. The van der Waals surface area contributed by atoms with Gasteiger partial charge < -0.3 is 9.84 Å². The van der Waals surface area contributed by atoms with E-state index in [0.717, 1.165) is 35.5 Å². The van der Waals surface area contributed by atoms with Crippen molar-refractivity contribution in [1.29, 1.82) is 0 Å². The third-order valence-electron chi connectivity index (χ3n) is 9.40. The number of alkyl halides is 1. The summed E-state index contributed by atoms with van der Waals surface area (Å²) in [7, 11) is 0. The fraction of sp³-hybridized carbons (Fsp3) is 0.759. The first-order valence-electron chi connectivity index (χ1n) is 13.6. The minimum absolute atomic E-state index is 0.0732. The smallest absolute Gasteiger partial charge is 0.302 e. The van der Waals surface area contributed by atoms with Gasteiger partial charge in [-0.05, 0) is 108 Å². The number of fused-ring (bicyclic) bond motifs is 5. The van der Waals surface area contributed by atoms with E-state index in [9.17, 15) is 9.90 Å². The van der Waals surface area contributed by atoms with Gasteiger partial charge in [-0.1, -0.05) is 61.4 Å². The van der Waals surface area contributed by atoms with E-state index in [4.69, 9.17) is 4.74 Å². The number of phenols is 1. The number of ether oxygens (including phenoxy) is 1. The Morgan fingerprint density at radius 1 is 1.09 bits per heavy atom. The minimum atomic E-state index is -0.130. The van der Waals surface area contributed by atoms with E-state index in [1.165, 1.54) is 68.9 Å². The number of carbonyl (C=O) groups excluding carboxylic acids is 1. The van der Waals surface area contributed by atoms with Gasteiger partial charge in [-0.15, -0.1) is 0 Å². The van der Waals surface area contributed by atoms with Gasteiger partial charge in [0.05, 0.1) is 4.47 Å². The monoisotopic (exact) mass is 596 g/mol. The van der Waals surface area contributed by atoms with Crippen molar-refractivity contribution in [2.24, 2.45) is 23.2 Å². The third-order valence-corrected chi connectivity index (χ3v) is 10.6. The number of carbonyl (C=O) groups is 1. The first-order chi connectivity index (χ1) is 16.3. The molecular formula is C29H42Br2O3. The van der Waals surface area contributed by atoms with E-state index >= 15 is 0 Å². The van der Waals surface area contributed by atoms with Gasteiger partial charge in [-0.25, -0.2) is 0 Å². The highest BCUT2D eigenvalue weighted by molar-refractivity contribution is 9.10. The number of esters is 1. The first-order valence-corrected chi connectivity index (χ1v) is 15.5. The van der Waals surface area contributed by atoms with Crippen molar-refractivity contribution >= 4 is 37.8 Å². The normalized spacial score (nSPS) is 32.1. The molecule has 3 aliphatic carbocycles. The Morgan fingerprint density at radius 2 is 1.79 bits per heavy atom. The molecule has 3 nitrogen and oxygen atoms in total. The lowest BCUT2D eigenvalue weighted by Gasteiger charge is -2.53. The van der Waals surface area contributed by atoms with Crippen molar-refractivity contribution in [2.45, 2.75) is 109 Å². The molecule has 0 aromatic heterocycles. The molecule has 0 heterocycles. The van der Waals surface area contributed by atoms with Gasteiger partial charge in [-0.2, -0.15) is 0 Å². The van der Waals surface area contributed by atoms with Crippen LogP contribution in [0, 0.1) is 23.2 Å². The molecule has 0 unspecified atom stereocenters. The predicted molar refractivity (Wildman–Crippen MR) is 146 cm³/mol. The highest BCUT2D eigenvalue weighted by atomic mass is 79.9. The van der Waals surface area contributed by atoms with E-state index < -0.39 is 0 Å². The zero-order valence-electron chi connectivity index (χ0n) is 21.0. The molecule has 0 saturated heterocycles. The Kier molecular flexibility index (Phi) is 9.10. The van der Waals surface area contributed by atoms with E-state index in [-0.39, 0.29) is 17.5 Å². The number of hydrogen-bond donors (Lipinski definition) is 1. The average Bonchev–Trinajstić information content (AvgIpc) is 3.12. The van der Waals surface area contributed by atoms with Gasteiger partial charge >= 0.3 is 5.97 Å². The van der Waals surface area contributed by atoms with Gasteiger partial charge in [-0.3, -0.25) is 4.79 Å². The standard InChI is InChI=1S/C29H42Br2O3/c1-19(32)34-27-12-11-24-28-20(10-8-6-4-3-5-7-9-15-30)16-21-17-26(33)25(31)18-23(21)22(28)13-14-29(24,27)2/h17-18,20,22,24,27-28,33H,3-16H2,1-2H3/t20-,22-,24+,27+,28-,29+/m1/s1. The zero-order chi connectivity index (χ0) is 24.3. The van der Waals surface area contributed by atoms with Crippen LogP contribution in [0.2, 0.25) is 0 Å². The number of aromatic hydroxyl groups is 1. The summed E-state index contributed by atoms with van der Waals surface area (Å²) in [5.41, 5.74) is 2.92. The number of rotatable bonds is 10. The Bertz CT molecular complexity index is 856. The second-order valence-electron chi connectivity index (χ2n) is 11.4. The predicted octanol–water partition coefficient (Wildman–Crippen LogP) is 8.68. The Morgan fingerprint density at radius 3 is 2.50 bits per heavy atom. The summed E-state index contributed by atoms with van der Waals surface area (Å²) in [6.07, 6.45) is 16.2. The first kappa shape index (κ1) is 26.5. The van der Waals surface area contributed by atoms with Crippen molar-refractivity contribution < 1.29 is 14.6 Å². The van der Waals surface area contributed by atoms with Crippen molar-refractivity contribution in [1.82, 2.24) is 0 Å².